The Kier molecular flexibility index (Phi) is 4.19. The van der Waals surface area contributed by atoms with E-state index in [0.29, 0.717) is 0 Å². The fourth-order valence-electron chi connectivity index (χ4n) is 1.89. The van der Waals surface area contributed by atoms with Gasteiger partial charge in [0.15, 0.2) is 0 Å². The molecular weight excluding hydrogens is 202 g/mol. The van der Waals surface area contributed by atoms with Crippen LogP contribution in [-0.4, -0.2) is 27.8 Å². The first-order valence-electron chi connectivity index (χ1n) is 5.42. The van der Waals surface area contributed by atoms with Gasteiger partial charge in [0, 0.05) is 23.6 Å². The van der Waals surface area contributed by atoms with Crippen LogP contribution in [0.15, 0.2) is 18.2 Å². The van der Waals surface area contributed by atoms with Gasteiger partial charge in [0.1, 0.15) is 11.5 Å². The molecule has 0 saturated heterocycles. The van der Waals surface area contributed by atoms with Gasteiger partial charge >= 0.3 is 0 Å². The van der Waals surface area contributed by atoms with E-state index in [-0.39, 0.29) is 5.41 Å². The Morgan fingerprint density at radius 1 is 1.19 bits per heavy atom. The average molecular weight is 223 g/mol. The van der Waals surface area contributed by atoms with Crippen LogP contribution < -0.4 is 14.8 Å². The van der Waals surface area contributed by atoms with Gasteiger partial charge in [-0.3, -0.25) is 0 Å². The summed E-state index contributed by atoms with van der Waals surface area (Å²) >= 11 is 0. The Bertz CT molecular complexity index is 348. The van der Waals surface area contributed by atoms with Crippen LogP contribution in [0.2, 0.25) is 0 Å². The summed E-state index contributed by atoms with van der Waals surface area (Å²) in [4.78, 5) is 0. The van der Waals surface area contributed by atoms with Crippen molar-refractivity contribution in [3.63, 3.8) is 0 Å². The second-order valence-corrected chi connectivity index (χ2v) is 4.48. The first kappa shape index (κ1) is 12.8. The standard InChI is InChI=1S/C13H21NO2/c1-13(2,9-14-3)11-7-6-10(15-4)8-12(11)16-5/h6-8,14H,9H2,1-5H3. The van der Waals surface area contributed by atoms with Gasteiger partial charge in [0.2, 0.25) is 0 Å². The van der Waals surface area contributed by atoms with Gasteiger partial charge in [-0.05, 0) is 13.1 Å². The molecule has 1 aromatic carbocycles. The van der Waals surface area contributed by atoms with E-state index in [1.54, 1.807) is 14.2 Å². The van der Waals surface area contributed by atoms with Crippen LogP contribution >= 0.6 is 0 Å². The minimum atomic E-state index is 0.0341. The number of nitrogens with one attached hydrogen (secondary N) is 1. The third-order valence-electron chi connectivity index (χ3n) is 2.76. The third-order valence-corrected chi connectivity index (χ3v) is 2.76. The Labute approximate surface area is 97.8 Å². The minimum absolute atomic E-state index is 0.0341. The van der Waals surface area contributed by atoms with Crippen molar-refractivity contribution >= 4 is 0 Å². The van der Waals surface area contributed by atoms with Crippen molar-refractivity contribution in [3.05, 3.63) is 23.8 Å². The summed E-state index contributed by atoms with van der Waals surface area (Å²) in [6.45, 7) is 5.28. The molecule has 3 heteroatoms. The molecule has 16 heavy (non-hydrogen) atoms. The van der Waals surface area contributed by atoms with Crippen LogP contribution in [0, 0.1) is 0 Å². The molecule has 3 nitrogen and oxygen atoms in total. The highest BCUT2D eigenvalue weighted by Gasteiger charge is 2.23. The Morgan fingerprint density at radius 3 is 2.38 bits per heavy atom. The Hall–Kier alpha value is -1.22. The van der Waals surface area contributed by atoms with Crippen LogP contribution in [0.5, 0.6) is 11.5 Å². The Morgan fingerprint density at radius 2 is 1.88 bits per heavy atom. The van der Waals surface area contributed by atoms with Crippen molar-refractivity contribution in [2.24, 2.45) is 0 Å². The van der Waals surface area contributed by atoms with E-state index >= 15 is 0 Å². The zero-order valence-electron chi connectivity index (χ0n) is 10.8. The summed E-state index contributed by atoms with van der Waals surface area (Å²) in [7, 11) is 5.30. The molecule has 0 aliphatic rings. The number of hydrogen-bond donors (Lipinski definition) is 1. The fourth-order valence-corrected chi connectivity index (χ4v) is 1.89. The highest BCUT2D eigenvalue weighted by atomic mass is 16.5. The van der Waals surface area contributed by atoms with Crippen molar-refractivity contribution in [3.8, 4) is 11.5 Å². The second kappa shape index (κ2) is 5.21. The van der Waals surface area contributed by atoms with Gasteiger partial charge in [-0.2, -0.15) is 0 Å². The predicted octanol–water partition coefficient (Wildman–Crippen LogP) is 2.20. The van der Waals surface area contributed by atoms with E-state index in [1.807, 2.05) is 19.2 Å². The number of methoxy groups -OCH3 is 2. The smallest absolute Gasteiger partial charge is 0.126 e. The molecule has 0 unspecified atom stereocenters. The van der Waals surface area contributed by atoms with Gasteiger partial charge in [0.05, 0.1) is 14.2 Å². The minimum Gasteiger partial charge on any atom is -0.497 e. The fraction of sp³-hybridized carbons (Fsp3) is 0.538. The Balaban J connectivity index is 3.12. The van der Waals surface area contributed by atoms with Crippen molar-refractivity contribution in [2.75, 3.05) is 27.8 Å². The highest BCUT2D eigenvalue weighted by molar-refractivity contribution is 5.44. The summed E-state index contributed by atoms with van der Waals surface area (Å²) in [6, 6.07) is 5.96. The van der Waals surface area contributed by atoms with E-state index in [0.717, 1.165) is 18.0 Å². The molecule has 0 atom stereocenters. The number of benzene rings is 1. The van der Waals surface area contributed by atoms with E-state index in [4.69, 9.17) is 9.47 Å². The van der Waals surface area contributed by atoms with Crippen molar-refractivity contribution in [2.45, 2.75) is 19.3 Å². The summed E-state index contributed by atoms with van der Waals surface area (Å²) in [5, 5.41) is 3.20. The molecule has 0 aliphatic carbocycles. The molecule has 1 N–H and O–H groups in total. The van der Waals surface area contributed by atoms with Gasteiger partial charge in [-0.25, -0.2) is 0 Å². The van der Waals surface area contributed by atoms with E-state index in [9.17, 15) is 0 Å². The van der Waals surface area contributed by atoms with E-state index in [1.165, 1.54) is 5.56 Å². The SMILES string of the molecule is CNCC(C)(C)c1ccc(OC)cc1OC. The number of likely N-dealkylation sites (N-methyl/N-ethyl adjacent to an activating group) is 1. The zero-order chi connectivity index (χ0) is 12.2. The van der Waals surface area contributed by atoms with Crippen molar-refractivity contribution in [1.82, 2.24) is 5.32 Å². The molecule has 0 heterocycles. The van der Waals surface area contributed by atoms with Crippen LogP contribution in [0.3, 0.4) is 0 Å². The predicted molar refractivity (Wildman–Crippen MR) is 66.5 cm³/mol. The maximum absolute atomic E-state index is 5.41. The highest BCUT2D eigenvalue weighted by Crippen LogP contribution is 2.33. The lowest BCUT2D eigenvalue weighted by atomic mass is 9.84. The van der Waals surface area contributed by atoms with Crippen LogP contribution in [-0.2, 0) is 5.41 Å². The molecule has 90 valence electrons. The monoisotopic (exact) mass is 223 g/mol. The van der Waals surface area contributed by atoms with E-state index < -0.39 is 0 Å². The lowest BCUT2D eigenvalue weighted by Gasteiger charge is -2.27. The molecule has 1 rings (SSSR count). The van der Waals surface area contributed by atoms with E-state index in [2.05, 4.69) is 25.2 Å². The van der Waals surface area contributed by atoms with Crippen LogP contribution in [0.1, 0.15) is 19.4 Å². The molecule has 0 fully saturated rings. The summed E-state index contributed by atoms with van der Waals surface area (Å²) in [5.41, 5.74) is 1.22. The lowest BCUT2D eigenvalue weighted by molar-refractivity contribution is 0.377. The molecule has 0 aliphatic heterocycles. The maximum atomic E-state index is 5.41. The van der Waals surface area contributed by atoms with Crippen LogP contribution in [0.25, 0.3) is 0 Å². The number of rotatable bonds is 5. The van der Waals surface area contributed by atoms with Gasteiger partial charge < -0.3 is 14.8 Å². The first-order chi connectivity index (χ1) is 7.55. The molecule has 0 spiro atoms. The maximum Gasteiger partial charge on any atom is 0.126 e. The second-order valence-electron chi connectivity index (χ2n) is 4.48. The largest absolute Gasteiger partial charge is 0.497 e. The lowest BCUT2D eigenvalue weighted by Crippen LogP contribution is -2.31. The van der Waals surface area contributed by atoms with Crippen LogP contribution in [0.4, 0.5) is 0 Å². The van der Waals surface area contributed by atoms with Crippen molar-refractivity contribution < 1.29 is 9.47 Å². The van der Waals surface area contributed by atoms with Crippen molar-refractivity contribution in [1.29, 1.82) is 0 Å². The van der Waals surface area contributed by atoms with Gasteiger partial charge in [0.25, 0.3) is 0 Å². The summed E-state index contributed by atoms with van der Waals surface area (Å²) < 4.78 is 10.6. The third kappa shape index (κ3) is 2.67. The first-order valence-corrected chi connectivity index (χ1v) is 5.42. The molecule has 0 bridgehead atoms. The molecule has 0 amide bonds. The molecule has 0 aromatic heterocycles. The number of hydrogen-bond acceptors (Lipinski definition) is 3. The van der Waals surface area contributed by atoms with Gasteiger partial charge in [-0.15, -0.1) is 0 Å². The number of ether oxygens (including phenoxy) is 2. The molecule has 0 radical (unpaired) electrons. The summed E-state index contributed by atoms with van der Waals surface area (Å²) in [5.74, 6) is 1.69. The molecular formula is C13H21NO2. The quantitative estimate of drug-likeness (QED) is 0.830. The molecule has 0 saturated carbocycles. The average Bonchev–Trinajstić information content (AvgIpc) is 2.28. The summed E-state index contributed by atoms with van der Waals surface area (Å²) in [6.07, 6.45) is 0. The normalized spacial score (nSPS) is 11.3. The van der Waals surface area contributed by atoms with Gasteiger partial charge in [-0.1, -0.05) is 19.9 Å². The molecule has 1 aromatic rings. The topological polar surface area (TPSA) is 30.5 Å². The zero-order valence-corrected chi connectivity index (χ0v) is 10.8.